The van der Waals surface area contributed by atoms with Crippen LogP contribution in [0.3, 0.4) is 0 Å². The van der Waals surface area contributed by atoms with E-state index in [1.165, 1.54) is 0 Å². The van der Waals surface area contributed by atoms with Crippen LogP contribution in [0, 0.1) is 6.92 Å². The van der Waals surface area contributed by atoms with Crippen LogP contribution < -0.4 is 44.6 Å². The molecule has 0 aromatic heterocycles. The highest BCUT2D eigenvalue weighted by molar-refractivity contribution is 5.88. The van der Waals surface area contributed by atoms with Gasteiger partial charge in [-0.05, 0) is 66.6 Å². The lowest BCUT2D eigenvalue weighted by molar-refractivity contribution is 0.189. The zero-order valence-electron chi connectivity index (χ0n) is 23.6. The van der Waals surface area contributed by atoms with Crippen molar-refractivity contribution in [1.82, 2.24) is 5.48 Å². The number of aryl methyl sites for hydroxylation is 1. The van der Waals surface area contributed by atoms with Crippen LogP contribution in [0.2, 0.25) is 0 Å². The Morgan fingerprint density at radius 2 is 1.34 bits per heavy atom. The first-order valence-corrected chi connectivity index (χ1v) is 12.7. The number of carbonyl (C=O) groups excluding carboxylic acids is 1. The Labute approximate surface area is 239 Å². The van der Waals surface area contributed by atoms with Gasteiger partial charge < -0.3 is 39.2 Å². The van der Waals surface area contributed by atoms with Crippen molar-refractivity contribution in [3.63, 3.8) is 0 Å². The molecular formula is C31H33N3O7. The monoisotopic (exact) mass is 559 g/mol. The number of hydrogen-bond acceptors (Lipinski definition) is 8. The molecule has 0 unspecified atom stereocenters. The molecule has 4 rings (SSSR count). The summed E-state index contributed by atoms with van der Waals surface area (Å²) < 4.78 is 27.5. The standard InChI is InChI=1S/C31H33N3O7/c1-20-6-12-29(30(14-20)39-5)40-19-21-7-13-28(41-34-31(35)33-22-8-10-24(36-2)11-9-22)27(15-21)32-23-16-25(37-3)18-26(17-23)38-4/h6-18,32H,19H2,1-5H3,(H2,33,34,35). The van der Waals surface area contributed by atoms with Gasteiger partial charge in [0.1, 0.15) is 23.9 Å². The van der Waals surface area contributed by atoms with Crippen LogP contribution in [0.4, 0.5) is 21.9 Å². The summed E-state index contributed by atoms with van der Waals surface area (Å²) >= 11 is 0. The minimum Gasteiger partial charge on any atom is -0.497 e. The van der Waals surface area contributed by atoms with Crippen molar-refractivity contribution in [3.8, 4) is 34.5 Å². The van der Waals surface area contributed by atoms with Gasteiger partial charge in [-0.1, -0.05) is 12.1 Å². The van der Waals surface area contributed by atoms with E-state index in [2.05, 4.69) is 16.1 Å². The van der Waals surface area contributed by atoms with Gasteiger partial charge in [-0.15, -0.1) is 0 Å². The van der Waals surface area contributed by atoms with E-state index in [0.29, 0.717) is 51.6 Å². The Morgan fingerprint density at radius 3 is 2.00 bits per heavy atom. The molecule has 0 aliphatic heterocycles. The summed E-state index contributed by atoms with van der Waals surface area (Å²) in [5.74, 6) is 3.55. The number of ether oxygens (including phenoxy) is 5. The Bertz CT molecular complexity index is 1450. The minimum atomic E-state index is -0.553. The SMILES string of the molecule is COc1ccc(NC(=O)NOc2ccc(COc3ccc(C)cc3OC)cc2Nc2cc(OC)cc(OC)c2)cc1. The molecule has 0 saturated heterocycles. The van der Waals surface area contributed by atoms with Crippen LogP contribution in [-0.2, 0) is 6.61 Å². The van der Waals surface area contributed by atoms with Gasteiger partial charge in [0.2, 0.25) is 0 Å². The number of urea groups is 1. The first kappa shape index (κ1) is 28.8. The Balaban J connectivity index is 1.54. The zero-order valence-corrected chi connectivity index (χ0v) is 23.6. The van der Waals surface area contributed by atoms with Crippen LogP contribution in [0.1, 0.15) is 11.1 Å². The van der Waals surface area contributed by atoms with Gasteiger partial charge in [0.05, 0.1) is 34.1 Å². The fourth-order valence-electron chi connectivity index (χ4n) is 3.88. The number of nitrogens with one attached hydrogen (secondary N) is 3. The molecule has 0 atom stereocenters. The highest BCUT2D eigenvalue weighted by Gasteiger charge is 2.12. The van der Waals surface area contributed by atoms with Crippen molar-refractivity contribution in [3.05, 3.63) is 90.0 Å². The van der Waals surface area contributed by atoms with Crippen LogP contribution >= 0.6 is 0 Å². The Kier molecular flexibility index (Phi) is 9.61. The molecule has 4 aromatic rings. The van der Waals surface area contributed by atoms with Gasteiger partial charge in [0, 0.05) is 29.6 Å². The van der Waals surface area contributed by atoms with E-state index < -0.39 is 6.03 Å². The number of benzene rings is 4. The minimum absolute atomic E-state index is 0.265. The molecule has 3 N–H and O–H groups in total. The maximum atomic E-state index is 12.5. The highest BCUT2D eigenvalue weighted by atomic mass is 16.7. The van der Waals surface area contributed by atoms with Crippen molar-refractivity contribution in [2.45, 2.75) is 13.5 Å². The maximum absolute atomic E-state index is 12.5. The average Bonchev–Trinajstić information content (AvgIpc) is 3.00. The number of amides is 2. The largest absolute Gasteiger partial charge is 0.497 e. The lowest BCUT2D eigenvalue weighted by Gasteiger charge is -2.17. The molecule has 2 amide bonds. The van der Waals surface area contributed by atoms with Gasteiger partial charge in [0.15, 0.2) is 17.2 Å². The highest BCUT2D eigenvalue weighted by Crippen LogP contribution is 2.34. The van der Waals surface area contributed by atoms with Crippen molar-refractivity contribution in [1.29, 1.82) is 0 Å². The summed E-state index contributed by atoms with van der Waals surface area (Å²) in [5.41, 5.74) is 6.18. The van der Waals surface area contributed by atoms with Gasteiger partial charge in [-0.3, -0.25) is 0 Å². The molecule has 214 valence electrons. The summed E-state index contributed by atoms with van der Waals surface area (Å²) in [5, 5.41) is 6.04. The van der Waals surface area contributed by atoms with Gasteiger partial charge in [0.25, 0.3) is 0 Å². The lowest BCUT2D eigenvalue weighted by atomic mass is 10.1. The van der Waals surface area contributed by atoms with E-state index in [0.717, 1.165) is 11.1 Å². The summed E-state index contributed by atoms with van der Waals surface area (Å²) in [6.45, 7) is 2.25. The predicted molar refractivity (Wildman–Crippen MR) is 157 cm³/mol. The smallest absolute Gasteiger partial charge is 0.352 e. The second kappa shape index (κ2) is 13.7. The molecule has 0 bridgehead atoms. The molecule has 10 nitrogen and oxygen atoms in total. The molecule has 0 aliphatic rings. The molecule has 0 spiro atoms. The normalized spacial score (nSPS) is 10.3. The molecule has 0 saturated carbocycles. The third-order valence-electron chi connectivity index (χ3n) is 5.99. The summed E-state index contributed by atoms with van der Waals surface area (Å²) in [4.78, 5) is 18.2. The molecule has 10 heteroatoms. The predicted octanol–water partition coefficient (Wildman–Crippen LogP) is 6.47. The number of methoxy groups -OCH3 is 4. The van der Waals surface area contributed by atoms with E-state index in [9.17, 15) is 4.79 Å². The first-order valence-electron chi connectivity index (χ1n) is 12.7. The fourth-order valence-corrected chi connectivity index (χ4v) is 3.88. The average molecular weight is 560 g/mol. The molecule has 0 aliphatic carbocycles. The summed E-state index contributed by atoms with van der Waals surface area (Å²) in [7, 11) is 6.34. The molecule has 0 heterocycles. The number of carbonyl (C=O) groups is 1. The van der Waals surface area contributed by atoms with Gasteiger partial charge in [-0.25, -0.2) is 4.79 Å². The number of hydrogen-bond donors (Lipinski definition) is 3. The van der Waals surface area contributed by atoms with E-state index >= 15 is 0 Å². The van der Waals surface area contributed by atoms with E-state index in [1.54, 1.807) is 64.8 Å². The molecule has 4 aromatic carbocycles. The maximum Gasteiger partial charge on any atom is 0.352 e. The Hall–Kier alpha value is -5.25. The van der Waals surface area contributed by atoms with E-state index in [-0.39, 0.29) is 6.61 Å². The number of rotatable bonds is 12. The van der Waals surface area contributed by atoms with Crippen molar-refractivity contribution < 1.29 is 33.3 Å². The second-order valence-corrected chi connectivity index (χ2v) is 8.89. The summed E-state index contributed by atoms with van der Waals surface area (Å²) in [6, 6.07) is 23.0. The summed E-state index contributed by atoms with van der Waals surface area (Å²) in [6.07, 6.45) is 0. The van der Waals surface area contributed by atoms with Gasteiger partial charge in [-0.2, -0.15) is 5.48 Å². The molecule has 41 heavy (non-hydrogen) atoms. The van der Waals surface area contributed by atoms with Crippen LogP contribution in [0.25, 0.3) is 0 Å². The van der Waals surface area contributed by atoms with Crippen LogP contribution in [-0.4, -0.2) is 34.5 Å². The van der Waals surface area contributed by atoms with E-state index in [4.69, 9.17) is 28.5 Å². The first-order chi connectivity index (χ1) is 19.9. The van der Waals surface area contributed by atoms with Gasteiger partial charge >= 0.3 is 6.03 Å². The lowest BCUT2D eigenvalue weighted by Crippen LogP contribution is -2.31. The van der Waals surface area contributed by atoms with Crippen LogP contribution in [0.15, 0.2) is 78.9 Å². The third kappa shape index (κ3) is 7.89. The molecule has 0 fully saturated rings. The van der Waals surface area contributed by atoms with Crippen molar-refractivity contribution in [2.24, 2.45) is 0 Å². The number of hydroxylamine groups is 1. The quantitative estimate of drug-likeness (QED) is 0.170. The third-order valence-corrected chi connectivity index (χ3v) is 5.99. The topological polar surface area (TPSA) is 109 Å². The second-order valence-electron chi connectivity index (χ2n) is 8.89. The number of anilines is 3. The van der Waals surface area contributed by atoms with E-state index in [1.807, 2.05) is 49.4 Å². The molecule has 0 radical (unpaired) electrons. The fraction of sp³-hybridized carbons (Fsp3) is 0.194. The van der Waals surface area contributed by atoms with Crippen molar-refractivity contribution in [2.75, 3.05) is 39.1 Å². The zero-order chi connectivity index (χ0) is 29.2. The van der Waals surface area contributed by atoms with Crippen LogP contribution in [0.5, 0.6) is 34.5 Å². The van der Waals surface area contributed by atoms with Crippen molar-refractivity contribution >= 4 is 23.1 Å². The Morgan fingerprint density at radius 1 is 0.659 bits per heavy atom. The molecular weight excluding hydrogens is 526 g/mol.